The molecule has 13 heavy (non-hydrogen) atoms. The zero-order valence-electron chi connectivity index (χ0n) is 6.95. The van der Waals surface area contributed by atoms with Crippen LogP contribution in [0, 0.1) is 3.01 Å². The van der Waals surface area contributed by atoms with E-state index in [9.17, 15) is 0 Å². The minimum atomic E-state index is 0.999. The summed E-state index contributed by atoms with van der Waals surface area (Å²) in [6.45, 7) is 2.17. The lowest BCUT2D eigenvalue weighted by molar-refractivity contribution is 1.08. The Morgan fingerprint density at radius 2 is 2.15 bits per heavy atom. The second-order valence-corrected chi connectivity index (χ2v) is 6.38. The van der Waals surface area contributed by atoms with Crippen LogP contribution in [0.3, 0.4) is 0 Å². The lowest BCUT2D eigenvalue weighted by Crippen LogP contribution is -1.70. The van der Waals surface area contributed by atoms with Crippen molar-refractivity contribution in [3.8, 4) is 9.88 Å². The van der Waals surface area contributed by atoms with Gasteiger partial charge in [-0.05, 0) is 41.1 Å². The number of thiophene rings is 1. The first kappa shape index (κ1) is 9.54. The number of rotatable bonds is 2. The number of hydrogen-bond acceptors (Lipinski definition) is 4. The highest BCUT2D eigenvalue weighted by Crippen LogP contribution is 2.30. The lowest BCUT2D eigenvalue weighted by atomic mass is 10.4. The van der Waals surface area contributed by atoms with Crippen LogP contribution in [0.15, 0.2) is 12.1 Å². The van der Waals surface area contributed by atoms with Gasteiger partial charge in [-0.1, -0.05) is 18.3 Å². The molecule has 0 unspecified atom stereocenters. The largest absolute Gasteiger partial charge is 0.178 e. The van der Waals surface area contributed by atoms with Gasteiger partial charge in [-0.15, -0.1) is 21.5 Å². The molecule has 0 aromatic carbocycles. The van der Waals surface area contributed by atoms with E-state index < -0.39 is 0 Å². The molecule has 2 nitrogen and oxygen atoms in total. The second kappa shape index (κ2) is 4.02. The van der Waals surface area contributed by atoms with Gasteiger partial charge in [-0.2, -0.15) is 0 Å². The third kappa shape index (κ3) is 2.08. The highest BCUT2D eigenvalue weighted by atomic mass is 127. The molecule has 0 saturated carbocycles. The van der Waals surface area contributed by atoms with Crippen molar-refractivity contribution in [1.29, 1.82) is 0 Å². The Morgan fingerprint density at radius 1 is 1.31 bits per heavy atom. The summed E-state index contributed by atoms with van der Waals surface area (Å²) in [5, 5.41) is 9.13. The third-order valence-electron chi connectivity index (χ3n) is 1.62. The highest BCUT2D eigenvalue weighted by Gasteiger charge is 2.06. The molecule has 0 saturated heterocycles. The topological polar surface area (TPSA) is 25.8 Å². The number of halogens is 1. The van der Waals surface area contributed by atoms with Crippen molar-refractivity contribution in [1.82, 2.24) is 10.2 Å². The van der Waals surface area contributed by atoms with Crippen LogP contribution in [0.1, 0.15) is 11.8 Å². The van der Waals surface area contributed by atoms with E-state index in [0.717, 1.165) is 14.4 Å². The predicted molar refractivity (Wildman–Crippen MR) is 65.3 cm³/mol. The number of hydrogen-bond donors (Lipinski definition) is 0. The Kier molecular flexibility index (Phi) is 2.95. The van der Waals surface area contributed by atoms with Crippen molar-refractivity contribution in [2.45, 2.75) is 13.3 Å². The zero-order chi connectivity index (χ0) is 9.26. The minimum absolute atomic E-state index is 0.999. The minimum Gasteiger partial charge on any atom is -0.138 e. The SMILES string of the molecule is CCc1ccc(-c2nnc(I)s2)s1. The predicted octanol–water partition coefficient (Wildman–Crippen LogP) is 3.43. The summed E-state index contributed by atoms with van der Waals surface area (Å²) in [6, 6.07) is 4.29. The van der Waals surface area contributed by atoms with Gasteiger partial charge in [0, 0.05) is 4.88 Å². The molecule has 0 amide bonds. The molecule has 0 N–H and O–H groups in total. The lowest BCUT2D eigenvalue weighted by Gasteiger charge is -1.85. The van der Waals surface area contributed by atoms with E-state index in [1.54, 1.807) is 22.7 Å². The maximum Gasteiger partial charge on any atom is 0.178 e. The summed E-state index contributed by atoms with van der Waals surface area (Å²) in [5.74, 6) is 0. The van der Waals surface area contributed by atoms with Gasteiger partial charge < -0.3 is 0 Å². The Morgan fingerprint density at radius 3 is 2.69 bits per heavy atom. The van der Waals surface area contributed by atoms with Gasteiger partial charge in [0.15, 0.2) is 8.02 Å². The zero-order valence-corrected chi connectivity index (χ0v) is 10.7. The molecule has 5 heteroatoms. The summed E-state index contributed by atoms with van der Waals surface area (Å²) in [6.07, 6.45) is 1.10. The summed E-state index contributed by atoms with van der Waals surface area (Å²) in [5.41, 5.74) is 0. The van der Waals surface area contributed by atoms with Crippen molar-refractivity contribution >= 4 is 45.3 Å². The average Bonchev–Trinajstić information content (AvgIpc) is 2.71. The van der Waals surface area contributed by atoms with E-state index in [-0.39, 0.29) is 0 Å². The van der Waals surface area contributed by atoms with Crippen LogP contribution in [0.25, 0.3) is 9.88 Å². The molecule has 2 rings (SSSR count). The molecule has 0 aliphatic carbocycles. The fourth-order valence-corrected chi connectivity index (χ4v) is 3.29. The summed E-state index contributed by atoms with van der Waals surface area (Å²) in [4.78, 5) is 2.64. The fourth-order valence-electron chi connectivity index (χ4n) is 0.988. The van der Waals surface area contributed by atoms with E-state index >= 15 is 0 Å². The first-order valence-electron chi connectivity index (χ1n) is 3.87. The van der Waals surface area contributed by atoms with Crippen molar-refractivity contribution in [3.05, 3.63) is 20.0 Å². The van der Waals surface area contributed by atoms with Crippen LogP contribution in [0.5, 0.6) is 0 Å². The first-order valence-corrected chi connectivity index (χ1v) is 6.59. The molecule has 2 aromatic heterocycles. The maximum atomic E-state index is 4.11. The van der Waals surface area contributed by atoms with Crippen molar-refractivity contribution < 1.29 is 0 Å². The molecular weight excluding hydrogens is 315 g/mol. The molecular formula is C8H7IN2S2. The molecule has 2 heterocycles. The number of aromatic nitrogens is 2. The molecule has 0 bridgehead atoms. The van der Waals surface area contributed by atoms with E-state index in [4.69, 9.17) is 0 Å². The normalized spacial score (nSPS) is 10.6. The second-order valence-electron chi connectivity index (χ2n) is 2.48. The molecule has 0 atom stereocenters. The average molecular weight is 322 g/mol. The standard InChI is InChI=1S/C8H7IN2S2/c1-2-5-3-4-6(12-5)7-10-11-8(9)13-7/h3-4H,2H2,1H3. The van der Waals surface area contributed by atoms with Crippen molar-refractivity contribution in [2.75, 3.05) is 0 Å². The third-order valence-corrected chi connectivity index (χ3v) is 4.61. The molecule has 2 aromatic rings. The van der Waals surface area contributed by atoms with E-state index in [2.05, 4.69) is 51.8 Å². The van der Waals surface area contributed by atoms with E-state index in [0.29, 0.717) is 0 Å². The Bertz CT molecular complexity index is 408. The van der Waals surface area contributed by atoms with Gasteiger partial charge in [0.25, 0.3) is 0 Å². The van der Waals surface area contributed by atoms with Crippen LogP contribution >= 0.6 is 45.3 Å². The van der Waals surface area contributed by atoms with E-state index in [1.165, 1.54) is 9.75 Å². The summed E-state index contributed by atoms with van der Waals surface area (Å²) in [7, 11) is 0. The molecule has 0 spiro atoms. The van der Waals surface area contributed by atoms with Gasteiger partial charge >= 0.3 is 0 Å². The monoisotopic (exact) mass is 322 g/mol. The Hall–Kier alpha value is -0.0100. The fraction of sp³-hybridized carbons (Fsp3) is 0.250. The van der Waals surface area contributed by atoms with Crippen LogP contribution in [-0.4, -0.2) is 10.2 Å². The van der Waals surface area contributed by atoms with Crippen molar-refractivity contribution in [3.63, 3.8) is 0 Å². The summed E-state index contributed by atoms with van der Waals surface area (Å²) >= 11 is 5.64. The van der Waals surface area contributed by atoms with Crippen LogP contribution in [0.4, 0.5) is 0 Å². The van der Waals surface area contributed by atoms with Gasteiger partial charge in [0.2, 0.25) is 0 Å². The van der Waals surface area contributed by atoms with Crippen molar-refractivity contribution in [2.24, 2.45) is 0 Å². The van der Waals surface area contributed by atoms with Gasteiger partial charge in [-0.25, -0.2) is 0 Å². The first-order chi connectivity index (χ1) is 6.29. The van der Waals surface area contributed by atoms with Crippen LogP contribution < -0.4 is 0 Å². The highest BCUT2D eigenvalue weighted by molar-refractivity contribution is 14.1. The maximum absolute atomic E-state index is 4.11. The van der Waals surface area contributed by atoms with Gasteiger partial charge in [0.1, 0.15) is 0 Å². The Labute approximate surface area is 98.2 Å². The molecule has 0 radical (unpaired) electrons. The van der Waals surface area contributed by atoms with E-state index in [1.807, 2.05) is 0 Å². The molecule has 0 aliphatic heterocycles. The number of aryl methyl sites for hydroxylation is 1. The molecule has 0 aliphatic rings. The van der Waals surface area contributed by atoms with Gasteiger partial charge in [0.05, 0.1) is 4.88 Å². The molecule has 68 valence electrons. The van der Waals surface area contributed by atoms with Gasteiger partial charge in [-0.3, -0.25) is 0 Å². The smallest absolute Gasteiger partial charge is 0.138 e. The van der Waals surface area contributed by atoms with Crippen LogP contribution in [-0.2, 0) is 6.42 Å². The molecule has 0 fully saturated rings. The quantitative estimate of drug-likeness (QED) is 0.792. The Balaban J connectivity index is 2.35. The summed E-state index contributed by atoms with van der Waals surface area (Å²) < 4.78 is 0.999. The number of nitrogens with zero attached hydrogens (tertiary/aromatic N) is 2. The van der Waals surface area contributed by atoms with Crippen LogP contribution in [0.2, 0.25) is 0 Å².